The number of nitrogens with one attached hydrogen (secondary N) is 1. The van der Waals surface area contributed by atoms with Crippen molar-refractivity contribution in [3.63, 3.8) is 0 Å². The fourth-order valence-corrected chi connectivity index (χ4v) is 3.98. The Labute approximate surface area is 187 Å². The summed E-state index contributed by atoms with van der Waals surface area (Å²) < 4.78 is 5.76. The molecule has 1 atom stereocenters. The molecule has 0 fully saturated rings. The third kappa shape index (κ3) is 4.59. The van der Waals surface area contributed by atoms with Crippen LogP contribution in [-0.2, 0) is 4.79 Å². The normalized spacial score (nSPS) is 12.0. The van der Waals surface area contributed by atoms with Gasteiger partial charge in [-0.15, -0.1) is 0 Å². The number of H-pyrrole nitrogens is 1. The summed E-state index contributed by atoms with van der Waals surface area (Å²) in [6.45, 7) is 4.57. The average Bonchev–Trinajstić information content (AvgIpc) is 3.21. The zero-order chi connectivity index (χ0) is 21.8. The standard InChI is InChI=1S/C26H25ClN2O2/c1-3-29(25(30)17-31-21-14-12-20(27)13-15-21)26(19-10-8-18(2)9-11-19)23-16-28-24-7-5-4-6-22(23)24/h4-16,26,28H,3,17H2,1-2H3/t26-/m1/s1. The Balaban J connectivity index is 1.67. The zero-order valence-corrected chi connectivity index (χ0v) is 18.4. The minimum absolute atomic E-state index is 0.0415. The van der Waals surface area contributed by atoms with Gasteiger partial charge in [-0.1, -0.05) is 59.6 Å². The second-order valence-electron chi connectivity index (χ2n) is 7.53. The number of nitrogens with zero attached hydrogens (tertiary/aromatic N) is 1. The Hall–Kier alpha value is -3.24. The maximum atomic E-state index is 13.3. The summed E-state index contributed by atoms with van der Waals surface area (Å²) in [5.74, 6) is 0.543. The van der Waals surface area contributed by atoms with Gasteiger partial charge in [0.25, 0.3) is 5.91 Å². The highest BCUT2D eigenvalue weighted by Gasteiger charge is 2.28. The van der Waals surface area contributed by atoms with Gasteiger partial charge in [-0.3, -0.25) is 4.79 Å². The second kappa shape index (κ2) is 9.27. The molecular weight excluding hydrogens is 408 g/mol. The van der Waals surface area contributed by atoms with E-state index in [9.17, 15) is 4.79 Å². The molecule has 0 radical (unpaired) electrons. The molecule has 4 aromatic rings. The lowest BCUT2D eigenvalue weighted by molar-refractivity contribution is -0.134. The number of benzene rings is 3. The van der Waals surface area contributed by atoms with Crippen LogP contribution in [0.15, 0.2) is 79.0 Å². The fraction of sp³-hybridized carbons (Fsp3) is 0.192. The van der Waals surface area contributed by atoms with Crippen LogP contribution in [0.4, 0.5) is 0 Å². The predicted molar refractivity (Wildman–Crippen MR) is 126 cm³/mol. The third-order valence-corrected chi connectivity index (χ3v) is 5.71. The molecule has 0 spiro atoms. The number of ether oxygens (including phenoxy) is 1. The monoisotopic (exact) mass is 432 g/mol. The molecule has 158 valence electrons. The molecule has 3 aromatic carbocycles. The van der Waals surface area contributed by atoms with Gasteiger partial charge < -0.3 is 14.6 Å². The first kappa shape index (κ1) is 21.0. The molecule has 0 saturated carbocycles. The van der Waals surface area contributed by atoms with Crippen molar-refractivity contribution in [2.24, 2.45) is 0 Å². The number of aryl methyl sites for hydroxylation is 1. The first-order valence-electron chi connectivity index (χ1n) is 10.4. The lowest BCUT2D eigenvalue weighted by atomic mass is 9.95. The van der Waals surface area contributed by atoms with E-state index in [1.54, 1.807) is 24.3 Å². The lowest BCUT2D eigenvalue weighted by Gasteiger charge is -2.31. The first-order chi connectivity index (χ1) is 15.1. The van der Waals surface area contributed by atoms with Crippen LogP contribution in [0, 0.1) is 6.92 Å². The number of carbonyl (C=O) groups is 1. The van der Waals surface area contributed by atoms with E-state index in [1.807, 2.05) is 36.2 Å². The molecule has 1 aromatic heterocycles. The van der Waals surface area contributed by atoms with Crippen molar-refractivity contribution in [1.82, 2.24) is 9.88 Å². The van der Waals surface area contributed by atoms with Crippen molar-refractivity contribution in [1.29, 1.82) is 0 Å². The number of halogens is 1. The first-order valence-corrected chi connectivity index (χ1v) is 10.7. The highest BCUT2D eigenvalue weighted by molar-refractivity contribution is 6.30. The van der Waals surface area contributed by atoms with Crippen molar-refractivity contribution in [2.75, 3.05) is 13.2 Å². The van der Waals surface area contributed by atoms with Crippen LogP contribution >= 0.6 is 11.6 Å². The Morgan fingerprint density at radius 3 is 2.45 bits per heavy atom. The molecule has 1 heterocycles. The van der Waals surface area contributed by atoms with E-state index < -0.39 is 0 Å². The predicted octanol–water partition coefficient (Wildman–Crippen LogP) is 6.15. The van der Waals surface area contributed by atoms with Crippen molar-refractivity contribution in [3.8, 4) is 5.75 Å². The van der Waals surface area contributed by atoms with Crippen LogP contribution < -0.4 is 4.74 Å². The zero-order valence-electron chi connectivity index (χ0n) is 17.6. The Morgan fingerprint density at radius 1 is 1.03 bits per heavy atom. The molecule has 0 aliphatic carbocycles. The van der Waals surface area contributed by atoms with Crippen LogP contribution in [0.2, 0.25) is 5.02 Å². The van der Waals surface area contributed by atoms with Gasteiger partial charge in [0.2, 0.25) is 0 Å². The summed E-state index contributed by atoms with van der Waals surface area (Å²) in [6, 6.07) is 23.3. The Bertz CT molecular complexity index is 1170. The minimum atomic E-state index is -0.219. The number of carbonyl (C=O) groups excluding carboxylic acids is 1. The van der Waals surface area contributed by atoms with E-state index in [0.717, 1.165) is 22.0 Å². The minimum Gasteiger partial charge on any atom is -0.484 e. The number of amides is 1. The van der Waals surface area contributed by atoms with Gasteiger partial charge in [-0.25, -0.2) is 0 Å². The molecule has 0 bridgehead atoms. The van der Waals surface area contributed by atoms with Crippen molar-refractivity contribution in [3.05, 3.63) is 101 Å². The molecule has 31 heavy (non-hydrogen) atoms. The summed E-state index contributed by atoms with van der Waals surface area (Å²) in [6.07, 6.45) is 2.01. The molecule has 4 rings (SSSR count). The summed E-state index contributed by atoms with van der Waals surface area (Å²) >= 11 is 5.94. The highest BCUT2D eigenvalue weighted by Crippen LogP contribution is 2.34. The molecule has 0 aliphatic heterocycles. The topological polar surface area (TPSA) is 45.3 Å². The van der Waals surface area contributed by atoms with Crippen LogP contribution in [0.3, 0.4) is 0 Å². The number of para-hydroxylation sites is 1. The molecule has 0 aliphatic rings. The number of rotatable bonds is 7. The number of likely N-dealkylation sites (N-methyl/N-ethyl adjacent to an activating group) is 1. The molecule has 5 heteroatoms. The van der Waals surface area contributed by atoms with Crippen LogP contribution in [0.1, 0.15) is 29.7 Å². The summed E-state index contributed by atoms with van der Waals surface area (Å²) in [4.78, 5) is 18.5. The van der Waals surface area contributed by atoms with Crippen LogP contribution in [-0.4, -0.2) is 28.9 Å². The second-order valence-corrected chi connectivity index (χ2v) is 7.96. The third-order valence-electron chi connectivity index (χ3n) is 5.46. The summed E-state index contributed by atoms with van der Waals surface area (Å²) in [7, 11) is 0. The van der Waals surface area contributed by atoms with Gasteiger partial charge in [0.15, 0.2) is 6.61 Å². The molecule has 1 amide bonds. The van der Waals surface area contributed by atoms with Crippen molar-refractivity contribution >= 4 is 28.4 Å². The Morgan fingerprint density at radius 2 is 1.74 bits per heavy atom. The van der Waals surface area contributed by atoms with Gasteiger partial charge in [0.05, 0.1) is 6.04 Å². The highest BCUT2D eigenvalue weighted by atomic mass is 35.5. The van der Waals surface area contributed by atoms with Gasteiger partial charge in [0, 0.05) is 34.2 Å². The summed E-state index contributed by atoms with van der Waals surface area (Å²) in [5.41, 5.74) is 4.37. The SMILES string of the molecule is CCN(C(=O)COc1ccc(Cl)cc1)[C@H](c1ccc(C)cc1)c1c[nH]c2ccccc12. The molecule has 4 nitrogen and oxygen atoms in total. The largest absolute Gasteiger partial charge is 0.484 e. The van der Waals surface area contributed by atoms with E-state index in [0.29, 0.717) is 17.3 Å². The molecule has 0 unspecified atom stereocenters. The van der Waals surface area contributed by atoms with E-state index >= 15 is 0 Å². The van der Waals surface area contributed by atoms with E-state index in [1.165, 1.54) is 5.56 Å². The number of hydrogen-bond donors (Lipinski definition) is 1. The van der Waals surface area contributed by atoms with Crippen LogP contribution in [0.25, 0.3) is 10.9 Å². The summed E-state index contributed by atoms with van der Waals surface area (Å²) in [5, 5.41) is 1.74. The van der Waals surface area contributed by atoms with Gasteiger partial charge >= 0.3 is 0 Å². The van der Waals surface area contributed by atoms with Crippen molar-refractivity contribution < 1.29 is 9.53 Å². The number of aromatic amines is 1. The number of hydrogen-bond acceptors (Lipinski definition) is 2. The van der Waals surface area contributed by atoms with E-state index in [4.69, 9.17) is 16.3 Å². The molecular formula is C26H25ClN2O2. The quantitative estimate of drug-likeness (QED) is 0.381. The Kier molecular flexibility index (Phi) is 6.28. The van der Waals surface area contributed by atoms with Crippen molar-refractivity contribution in [2.45, 2.75) is 19.9 Å². The van der Waals surface area contributed by atoms with Gasteiger partial charge in [-0.2, -0.15) is 0 Å². The smallest absolute Gasteiger partial charge is 0.261 e. The van der Waals surface area contributed by atoms with Crippen LogP contribution in [0.5, 0.6) is 5.75 Å². The maximum absolute atomic E-state index is 13.3. The number of aromatic nitrogens is 1. The molecule has 0 saturated heterocycles. The molecule has 1 N–H and O–H groups in total. The van der Waals surface area contributed by atoms with E-state index in [-0.39, 0.29) is 18.6 Å². The fourth-order valence-electron chi connectivity index (χ4n) is 3.86. The van der Waals surface area contributed by atoms with E-state index in [2.05, 4.69) is 42.2 Å². The van der Waals surface area contributed by atoms with Gasteiger partial charge in [-0.05, 0) is 49.7 Å². The lowest BCUT2D eigenvalue weighted by Crippen LogP contribution is -2.38. The maximum Gasteiger partial charge on any atom is 0.261 e. The van der Waals surface area contributed by atoms with Gasteiger partial charge in [0.1, 0.15) is 5.75 Å². The average molecular weight is 433 g/mol. The number of fused-ring (bicyclic) bond motifs is 1.